The number of hydrogen-bond donors (Lipinski definition) is 1. The van der Waals surface area contributed by atoms with Gasteiger partial charge in [0.2, 0.25) is 0 Å². The molecule has 0 radical (unpaired) electrons. The summed E-state index contributed by atoms with van der Waals surface area (Å²) < 4.78 is 14.3. The maximum atomic E-state index is 13.3. The van der Waals surface area contributed by atoms with Gasteiger partial charge in [-0.05, 0) is 29.3 Å². The zero-order valence-corrected chi connectivity index (χ0v) is 12.8. The Morgan fingerprint density at radius 1 is 1.05 bits per heavy atom. The maximum Gasteiger partial charge on any atom is 0.123 e. The third-order valence-corrected chi connectivity index (χ3v) is 3.87. The van der Waals surface area contributed by atoms with Gasteiger partial charge >= 0.3 is 0 Å². The molecule has 4 heteroatoms. The van der Waals surface area contributed by atoms with E-state index in [1.165, 1.54) is 11.6 Å². The van der Waals surface area contributed by atoms with E-state index in [-0.39, 0.29) is 5.82 Å². The van der Waals surface area contributed by atoms with Gasteiger partial charge in [0.1, 0.15) is 5.82 Å². The van der Waals surface area contributed by atoms with Crippen LogP contribution in [0.5, 0.6) is 0 Å². The molecule has 0 spiro atoms. The average Bonchev–Trinajstić information content (AvgIpc) is 2.44. The molecule has 0 bridgehead atoms. The highest BCUT2D eigenvalue weighted by Crippen LogP contribution is 2.20. The summed E-state index contributed by atoms with van der Waals surface area (Å²) in [7, 11) is 0. The third-order valence-electron chi connectivity index (χ3n) is 3.10. The van der Waals surface area contributed by atoms with Gasteiger partial charge in [-0.1, -0.05) is 46.3 Å². The van der Waals surface area contributed by atoms with Crippen molar-refractivity contribution in [1.29, 1.82) is 0 Å². The van der Waals surface area contributed by atoms with Crippen molar-refractivity contribution in [2.75, 3.05) is 13.1 Å². The number of halogens is 2. The van der Waals surface area contributed by atoms with Crippen molar-refractivity contribution < 1.29 is 4.39 Å². The quantitative estimate of drug-likeness (QED) is 0.874. The molecule has 0 fully saturated rings. The first-order valence-electron chi connectivity index (χ1n) is 6.59. The van der Waals surface area contributed by atoms with E-state index < -0.39 is 0 Å². The van der Waals surface area contributed by atoms with Gasteiger partial charge in [-0.25, -0.2) is 4.39 Å². The smallest absolute Gasteiger partial charge is 0.123 e. The highest BCUT2D eigenvalue weighted by atomic mass is 79.9. The lowest BCUT2D eigenvalue weighted by Gasteiger charge is -2.22. The molecule has 0 atom stereocenters. The van der Waals surface area contributed by atoms with E-state index in [1.807, 2.05) is 18.2 Å². The molecule has 2 rings (SSSR count). The highest BCUT2D eigenvalue weighted by Gasteiger charge is 2.09. The Morgan fingerprint density at radius 2 is 1.80 bits per heavy atom. The monoisotopic (exact) mass is 336 g/mol. The van der Waals surface area contributed by atoms with E-state index in [0.29, 0.717) is 13.1 Å². The van der Waals surface area contributed by atoms with Crippen LogP contribution >= 0.6 is 15.9 Å². The normalized spacial score (nSPS) is 11.0. The minimum absolute atomic E-state index is 0.212. The topological polar surface area (TPSA) is 29.3 Å². The minimum atomic E-state index is -0.212. The molecule has 0 aliphatic rings. The Hall–Kier alpha value is -1.23. The van der Waals surface area contributed by atoms with Crippen LogP contribution < -0.4 is 5.73 Å². The summed E-state index contributed by atoms with van der Waals surface area (Å²) in [5.41, 5.74) is 7.85. The molecule has 0 amide bonds. The molecule has 0 saturated heterocycles. The molecule has 2 N–H and O–H groups in total. The Bertz CT molecular complexity index is 545. The Morgan fingerprint density at radius 3 is 2.50 bits per heavy atom. The second-order valence-corrected chi connectivity index (χ2v) is 5.57. The summed E-state index contributed by atoms with van der Waals surface area (Å²) in [5.74, 6) is -0.212. The fourth-order valence-electron chi connectivity index (χ4n) is 2.14. The first-order valence-corrected chi connectivity index (χ1v) is 7.38. The van der Waals surface area contributed by atoms with Gasteiger partial charge in [0, 0.05) is 30.7 Å². The van der Waals surface area contributed by atoms with Crippen molar-refractivity contribution in [2.45, 2.75) is 13.1 Å². The van der Waals surface area contributed by atoms with Gasteiger partial charge in [0.05, 0.1) is 0 Å². The van der Waals surface area contributed by atoms with Crippen LogP contribution in [0.2, 0.25) is 0 Å². The summed E-state index contributed by atoms with van der Waals surface area (Å²) in [6.45, 7) is 2.84. The largest absolute Gasteiger partial charge is 0.329 e. The molecule has 2 aromatic rings. The van der Waals surface area contributed by atoms with Crippen molar-refractivity contribution in [1.82, 2.24) is 4.90 Å². The molecule has 106 valence electrons. The number of hydrogen-bond acceptors (Lipinski definition) is 2. The van der Waals surface area contributed by atoms with E-state index >= 15 is 0 Å². The molecule has 0 unspecified atom stereocenters. The summed E-state index contributed by atoms with van der Waals surface area (Å²) in [6.07, 6.45) is 0. The number of nitrogens with zero attached hydrogens (tertiary/aromatic N) is 1. The second-order valence-electron chi connectivity index (χ2n) is 4.72. The van der Waals surface area contributed by atoms with Crippen LogP contribution in [0, 0.1) is 5.82 Å². The molecule has 2 aromatic carbocycles. The first kappa shape index (κ1) is 15.2. The van der Waals surface area contributed by atoms with Crippen molar-refractivity contribution in [3.8, 4) is 0 Å². The van der Waals surface area contributed by atoms with Gasteiger partial charge in [-0.15, -0.1) is 0 Å². The summed E-state index contributed by atoms with van der Waals surface area (Å²) in [6, 6.07) is 15.0. The lowest BCUT2D eigenvalue weighted by atomic mass is 10.1. The lowest BCUT2D eigenvalue weighted by Crippen LogP contribution is -2.28. The Balaban J connectivity index is 2.11. The molecule has 2 nitrogen and oxygen atoms in total. The van der Waals surface area contributed by atoms with Crippen LogP contribution in [0.4, 0.5) is 4.39 Å². The zero-order valence-electron chi connectivity index (χ0n) is 11.2. The van der Waals surface area contributed by atoms with Crippen LogP contribution in [-0.4, -0.2) is 18.0 Å². The van der Waals surface area contributed by atoms with Crippen molar-refractivity contribution in [2.24, 2.45) is 5.73 Å². The first-order chi connectivity index (χ1) is 9.69. The molecule has 20 heavy (non-hydrogen) atoms. The van der Waals surface area contributed by atoms with Crippen molar-refractivity contribution in [3.05, 3.63) is 69.9 Å². The highest BCUT2D eigenvalue weighted by molar-refractivity contribution is 9.10. The molecule has 0 aromatic heterocycles. The van der Waals surface area contributed by atoms with Crippen LogP contribution in [0.25, 0.3) is 0 Å². The summed E-state index contributed by atoms with van der Waals surface area (Å²) >= 11 is 3.47. The van der Waals surface area contributed by atoms with Crippen LogP contribution in [0.3, 0.4) is 0 Å². The van der Waals surface area contributed by atoms with E-state index in [9.17, 15) is 4.39 Å². The molecule has 0 saturated carbocycles. The van der Waals surface area contributed by atoms with E-state index in [1.54, 1.807) is 12.1 Å². The molecular weight excluding hydrogens is 319 g/mol. The Labute approximate surface area is 127 Å². The predicted octanol–water partition coefficient (Wildman–Crippen LogP) is 3.55. The zero-order chi connectivity index (χ0) is 14.4. The predicted molar refractivity (Wildman–Crippen MR) is 83.7 cm³/mol. The minimum Gasteiger partial charge on any atom is -0.329 e. The SMILES string of the molecule is NCCN(Cc1ccccc1)Cc1cc(F)ccc1Br. The van der Waals surface area contributed by atoms with Gasteiger partial charge < -0.3 is 5.73 Å². The summed E-state index contributed by atoms with van der Waals surface area (Å²) in [4.78, 5) is 2.22. The van der Waals surface area contributed by atoms with Crippen LogP contribution in [0.15, 0.2) is 53.0 Å². The van der Waals surface area contributed by atoms with Gasteiger partial charge in [0.15, 0.2) is 0 Å². The van der Waals surface area contributed by atoms with Crippen molar-refractivity contribution >= 4 is 15.9 Å². The molecular formula is C16H18BrFN2. The van der Waals surface area contributed by atoms with E-state index in [2.05, 4.69) is 33.0 Å². The number of rotatable bonds is 6. The second kappa shape index (κ2) is 7.53. The fourth-order valence-corrected chi connectivity index (χ4v) is 2.52. The third kappa shape index (κ3) is 4.40. The van der Waals surface area contributed by atoms with E-state index in [0.717, 1.165) is 23.1 Å². The summed E-state index contributed by atoms with van der Waals surface area (Å²) in [5, 5.41) is 0. The van der Waals surface area contributed by atoms with Gasteiger partial charge in [-0.2, -0.15) is 0 Å². The van der Waals surface area contributed by atoms with E-state index in [4.69, 9.17) is 5.73 Å². The molecule has 0 aliphatic carbocycles. The number of benzene rings is 2. The maximum absolute atomic E-state index is 13.3. The standard InChI is InChI=1S/C16H18BrFN2/c17-16-7-6-15(18)10-14(16)12-20(9-8-19)11-13-4-2-1-3-5-13/h1-7,10H,8-9,11-12,19H2. The van der Waals surface area contributed by atoms with Gasteiger partial charge in [0.25, 0.3) is 0 Å². The lowest BCUT2D eigenvalue weighted by molar-refractivity contribution is 0.263. The molecule has 0 aliphatic heterocycles. The van der Waals surface area contributed by atoms with Crippen molar-refractivity contribution in [3.63, 3.8) is 0 Å². The van der Waals surface area contributed by atoms with Crippen LogP contribution in [0.1, 0.15) is 11.1 Å². The van der Waals surface area contributed by atoms with Crippen LogP contribution in [-0.2, 0) is 13.1 Å². The molecule has 0 heterocycles. The van der Waals surface area contributed by atoms with Gasteiger partial charge in [-0.3, -0.25) is 4.90 Å². The average molecular weight is 337 g/mol. The Kier molecular flexibility index (Phi) is 5.71. The fraction of sp³-hybridized carbons (Fsp3) is 0.250. The number of nitrogens with two attached hydrogens (primary N) is 1.